The number of aliphatic imine (C=N–C) groups is 1. The van der Waals surface area contributed by atoms with Gasteiger partial charge < -0.3 is 26.9 Å². The molecule has 0 saturated carbocycles. The molecule has 0 bridgehead atoms. The van der Waals surface area contributed by atoms with Gasteiger partial charge in [-0.3, -0.25) is 14.6 Å². The summed E-state index contributed by atoms with van der Waals surface area (Å²) in [6, 6.07) is 11.8. The maximum atomic E-state index is 13.0. The van der Waals surface area contributed by atoms with Gasteiger partial charge in [-0.1, -0.05) is 25.1 Å². The molecule has 0 radical (unpaired) electrons. The van der Waals surface area contributed by atoms with E-state index < -0.39 is 0 Å². The third-order valence-corrected chi connectivity index (χ3v) is 4.10. The van der Waals surface area contributed by atoms with Crippen molar-refractivity contribution >= 4 is 34.7 Å². The molecular weight excluding hydrogens is 437 g/mol. The van der Waals surface area contributed by atoms with Gasteiger partial charge in [0.25, 0.3) is 5.91 Å². The summed E-state index contributed by atoms with van der Waals surface area (Å²) in [7, 11) is 1.25. The first kappa shape index (κ1) is 26.8. The monoisotopic (exact) mass is 466 g/mol. The quantitative estimate of drug-likeness (QED) is 0.162. The Balaban J connectivity index is 0.000000436. The van der Waals surface area contributed by atoms with Gasteiger partial charge in [0.05, 0.1) is 11.0 Å². The normalized spacial score (nSPS) is 10.5. The summed E-state index contributed by atoms with van der Waals surface area (Å²) in [5.74, 6) is -0.0246. The van der Waals surface area contributed by atoms with Crippen LogP contribution in [0.1, 0.15) is 24.0 Å². The Kier molecular flexibility index (Phi) is 12.4. The molecule has 0 aliphatic rings. The molecule has 0 saturated heterocycles. The van der Waals surface area contributed by atoms with Crippen molar-refractivity contribution in [3.05, 3.63) is 54.1 Å². The number of halogens is 2. The Morgan fingerprint density at radius 3 is 2.47 bits per heavy atom. The second-order valence-corrected chi connectivity index (χ2v) is 6.42. The van der Waals surface area contributed by atoms with E-state index in [1.807, 2.05) is 25.1 Å². The van der Waals surface area contributed by atoms with E-state index in [4.69, 9.17) is 28.4 Å². The maximum Gasteiger partial charge on any atom is 0.287 e. The zero-order valence-corrected chi connectivity index (χ0v) is 18.8. The molecule has 0 unspecified atom stereocenters. The first-order valence-electron chi connectivity index (χ1n) is 9.89. The lowest BCUT2D eigenvalue weighted by atomic mass is 10.1. The number of nitrogens with zero attached hydrogens (tertiary/aromatic N) is 2. The molecule has 9 N–H and O–H groups in total. The fourth-order valence-corrected chi connectivity index (χ4v) is 2.53. The molecule has 3 rings (SSSR count). The first-order valence-corrected chi connectivity index (χ1v) is 10.3. The minimum atomic E-state index is -0.287. The van der Waals surface area contributed by atoms with Gasteiger partial charge in [0.1, 0.15) is 12.9 Å². The Labute approximate surface area is 191 Å². The third-order valence-electron chi connectivity index (χ3n) is 3.91. The summed E-state index contributed by atoms with van der Waals surface area (Å²) in [6.45, 7) is 3.52. The maximum absolute atomic E-state index is 13.0. The Hall–Kier alpha value is -3.21. The van der Waals surface area contributed by atoms with E-state index in [0.29, 0.717) is 18.6 Å². The lowest BCUT2D eigenvalue weighted by Gasteiger charge is -2.01. The minimum Gasteiger partial charge on any atom is -0.448 e. The van der Waals surface area contributed by atoms with Gasteiger partial charge in [0.2, 0.25) is 5.96 Å². The minimum absolute atomic E-state index is 0.250. The highest BCUT2D eigenvalue weighted by Crippen LogP contribution is 2.23. The van der Waals surface area contributed by atoms with E-state index >= 15 is 0 Å². The number of aromatic amines is 1. The average Bonchev–Trinajstić information content (AvgIpc) is 3.26. The van der Waals surface area contributed by atoms with Crippen LogP contribution in [0.5, 0.6) is 0 Å². The number of carbonyl (C=O) groups is 1. The SMILES string of the molecule is CCCN=C(N)NCl.C[OH2+].NCCNC(=O)c1nc2ccc(-c3ccc(F)cc3)cc2[nH]1. The molecule has 3 aromatic rings. The molecule has 32 heavy (non-hydrogen) atoms. The molecule has 1 aromatic heterocycles. The van der Waals surface area contributed by atoms with Crippen LogP contribution in [0.15, 0.2) is 47.5 Å². The van der Waals surface area contributed by atoms with Crippen LogP contribution in [0.25, 0.3) is 22.2 Å². The fraction of sp³-hybridized carbons (Fsp3) is 0.286. The van der Waals surface area contributed by atoms with Crippen LogP contribution in [-0.2, 0) is 0 Å². The van der Waals surface area contributed by atoms with E-state index in [0.717, 1.165) is 29.6 Å². The molecule has 2 aromatic carbocycles. The number of H-pyrrole nitrogens is 1. The molecular formula is C21H30ClFN7O2+. The number of nitrogens with two attached hydrogens (primary N) is 2. The predicted molar refractivity (Wildman–Crippen MR) is 128 cm³/mol. The van der Waals surface area contributed by atoms with E-state index in [1.54, 1.807) is 12.1 Å². The molecule has 1 heterocycles. The summed E-state index contributed by atoms with van der Waals surface area (Å²) >= 11 is 5.08. The van der Waals surface area contributed by atoms with Crippen molar-refractivity contribution < 1.29 is 14.3 Å². The van der Waals surface area contributed by atoms with Crippen LogP contribution in [0.4, 0.5) is 4.39 Å². The lowest BCUT2D eigenvalue weighted by Crippen LogP contribution is -2.29. The molecule has 11 heteroatoms. The first-order chi connectivity index (χ1) is 15.5. The van der Waals surface area contributed by atoms with Gasteiger partial charge in [0, 0.05) is 31.4 Å². The van der Waals surface area contributed by atoms with Crippen LogP contribution in [0, 0.1) is 5.82 Å². The number of benzene rings is 2. The van der Waals surface area contributed by atoms with Gasteiger partial charge in [-0.2, -0.15) is 0 Å². The van der Waals surface area contributed by atoms with Crippen molar-refractivity contribution in [3.8, 4) is 11.1 Å². The van der Waals surface area contributed by atoms with Crippen molar-refractivity contribution in [2.24, 2.45) is 16.5 Å². The molecule has 0 aliphatic heterocycles. The van der Waals surface area contributed by atoms with Gasteiger partial charge in [-0.25, -0.2) is 9.37 Å². The Morgan fingerprint density at radius 2 is 1.88 bits per heavy atom. The highest BCUT2D eigenvalue weighted by molar-refractivity contribution is 6.21. The number of carbonyl (C=O) groups excluding carboxylic acids is 1. The van der Waals surface area contributed by atoms with Gasteiger partial charge in [-0.15, -0.1) is 0 Å². The topological polar surface area (TPSA) is 157 Å². The Morgan fingerprint density at radius 1 is 1.22 bits per heavy atom. The van der Waals surface area contributed by atoms with Crippen LogP contribution in [0.2, 0.25) is 0 Å². The van der Waals surface area contributed by atoms with Gasteiger partial charge >= 0.3 is 0 Å². The van der Waals surface area contributed by atoms with E-state index in [-0.39, 0.29) is 23.5 Å². The largest absolute Gasteiger partial charge is 0.448 e. The third kappa shape index (κ3) is 8.50. The van der Waals surface area contributed by atoms with Crippen molar-refractivity contribution in [3.63, 3.8) is 0 Å². The number of hydrogen-bond acceptors (Lipinski definition) is 4. The molecule has 0 fully saturated rings. The van der Waals surface area contributed by atoms with Crippen molar-refractivity contribution in [2.45, 2.75) is 13.3 Å². The predicted octanol–water partition coefficient (Wildman–Crippen LogP) is 1.85. The van der Waals surface area contributed by atoms with Crippen LogP contribution >= 0.6 is 11.8 Å². The van der Waals surface area contributed by atoms with Crippen LogP contribution < -0.4 is 21.6 Å². The fourth-order valence-electron chi connectivity index (χ4n) is 2.47. The van der Waals surface area contributed by atoms with Crippen LogP contribution in [0.3, 0.4) is 0 Å². The van der Waals surface area contributed by atoms with Gasteiger partial charge in [-0.05, 0) is 41.8 Å². The van der Waals surface area contributed by atoms with Gasteiger partial charge in [0.15, 0.2) is 5.82 Å². The highest BCUT2D eigenvalue weighted by atomic mass is 35.5. The molecule has 0 atom stereocenters. The highest BCUT2D eigenvalue weighted by Gasteiger charge is 2.11. The number of aromatic nitrogens is 2. The number of hydrogen-bond donors (Lipinski definition) is 5. The molecule has 1 amide bonds. The number of guanidine groups is 1. The zero-order valence-electron chi connectivity index (χ0n) is 18.1. The van der Waals surface area contributed by atoms with Crippen molar-refractivity contribution in [1.82, 2.24) is 20.1 Å². The molecule has 174 valence electrons. The zero-order chi connectivity index (χ0) is 23.9. The average molecular weight is 467 g/mol. The second-order valence-electron chi connectivity index (χ2n) is 6.23. The molecule has 9 nitrogen and oxygen atoms in total. The van der Waals surface area contributed by atoms with Crippen LogP contribution in [-0.4, -0.2) is 53.7 Å². The summed E-state index contributed by atoms with van der Waals surface area (Å²) in [5, 5.41) is 8.41. The summed E-state index contributed by atoms with van der Waals surface area (Å²) in [4.78, 5) is 25.1. The second kappa shape index (κ2) is 14.7. The standard InChI is InChI=1S/C16H15FN4O.C4H10ClN3.CH4O/c17-12-4-1-10(2-5-12)11-3-6-13-14(9-11)21-15(20-13)16(22)19-8-7-18;1-2-3-7-4(6)8-5;1-2/h1-6,9H,7-8,18H2,(H,19,22)(H,20,21);2-3H2,1H3,(H3,6,7,8);2H,1H3/p+1. The van der Waals surface area contributed by atoms with Crippen molar-refractivity contribution in [2.75, 3.05) is 26.7 Å². The number of nitrogens with one attached hydrogen (secondary N) is 3. The van der Waals surface area contributed by atoms with E-state index in [2.05, 4.69) is 25.1 Å². The summed E-state index contributed by atoms with van der Waals surface area (Å²) < 4.78 is 13.0. The molecule has 0 spiro atoms. The lowest BCUT2D eigenvalue weighted by molar-refractivity contribution is 0.0945. The number of amides is 1. The van der Waals surface area contributed by atoms with Crippen molar-refractivity contribution in [1.29, 1.82) is 0 Å². The molecule has 0 aliphatic carbocycles. The summed E-state index contributed by atoms with van der Waals surface area (Å²) in [6.07, 6.45) is 0.985. The smallest absolute Gasteiger partial charge is 0.287 e. The van der Waals surface area contributed by atoms with E-state index in [9.17, 15) is 9.18 Å². The van der Waals surface area contributed by atoms with E-state index in [1.165, 1.54) is 19.2 Å². The number of fused-ring (bicyclic) bond motifs is 1. The Bertz CT molecular complexity index is 993. The number of imidazole rings is 1. The number of rotatable bonds is 6. The summed E-state index contributed by atoms with van der Waals surface area (Å²) in [5.41, 5.74) is 13.8.